The predicted molar refractivity (Wildman–Crippen MR) is 62.5 cm³/mol. The van der Waals surface area contributed by atoms with E-state index in [0.29, 0.717) is 36.0 Å². The van der Waals surface area contributed by atoms with Crippen LogP contribution in [0.1, 0.15) is 5.56 Å². The van der Waals surface area contributed by atoms with Gasteiger partial charge in [0.1, 0.15) is 19.0 Å². The summed E-state index contributed by atoms with van der Waals surface area (Å²) in [6.07, 6.45) is 0. The second kappa shape index (κ2) is 4.62. The Hall–Kier alpha value is -1.14. The Labute approximate surface area is 104 Å². The molecule has 7 heteroatoms. The van der Waals surface area contributed by atoms with Crippen molar-refractivity contribution >= 4 is 19.7 Å². The fourth-order valence-electron chi connectivity index (χ4n) is 1.60. The van der Waals surface area contributed by atoms with Crippen LogP contribution < -0.4 is 14.2 Å². The number of benzene rings is 1. The van der Waals surface area contributed by atoms with E-state index in [0.717, 1.165) is 0 Å². The number of rotatable bonds is 3. The summed E-state index contributed by atoms with van der Waals surface area (Å²) in [4.78, 5) is 0. The lowest BCUT2D eigenvalue weighted by atomic mass is 10.2. The second-order valence-corrected chi connectivity index (χ2v) is 6.27. The van der Waals surface area contributed by atoms with Crippen LogP contribution in [-0.2, 0) is 14.8 Å². The van der Waals surface area contributed by atoms with Crippen molar-refractivity contribution in [2.24, 2.45) is 0 Å². The van der Waals surface area contributed by atoms with Gasteiger partial charge >= 0.3 is 0 Å². The molecule has 0 saturated heterocycles. The van der Waals surface area contributed by atoms with E-state index in [1.54, 1.807) is 12.1 Å². The Kier molecular flexibility index (Phi) is 3.35. The summed E-state index contributed by atoms with van der Waals surface area (Å²) in [6, 6.07) is 3.18. The van der Waals surface area contributed by atoms with Crippen molar-refractivity contribution in [1.82, 2.24) is 0 Å². The molecule has 1 aliphatic rings. The number of ether oxygens (including phenoxy) is 3. The van der Waals surface area contributed by atoms with E-state index in [4.69, 9.17) is 24.9 Å². The number of methoxy groups -OCH3 is 1. The molecule has 0 bridgehead atoms. The third kappa shape index (κ3) is 2.95. The summed E-state index contributed by atoms with van der Waals surface area (Å²) in [7, 11) is 3.04. The maximum absolute atomic E-state index is 11.1. The summed E-state index contributed by atoms with van der Waals surface area (Å²) in [5.74, 6) is 1.16. The van der Waals surface area contributed by atoms with Crippen molar-refractivity contribution in [1.29, 1.82) is 0 Å². The number of halogens is 1. The molecule has 1 aromatic carbocycles. The van der Waals surface area contributed by atoms with Gasteiger partial charge < -0.3 is 14.2 Å². The molecule has 0 N–H and O–H groups in total. The van der Waals surface area contributed by atoms with Gasteiger partial charge in [-0.1, -0.05) is 0 Å². The van der Waals surface area contributed by atoms with Crippen LogP contribution in [0.4, 0.5) is 0 Å². The van der Waals surface area contributed by atoms with E-state index < -0.39 is 9.05 Å². The lowest BCUT2D eigenvalue weighted by molar-refractivity contribution is 0.170. The Bertz CT molecular complexity index is 526. The fraction of sp³-hybridized carbons (Fsp3) is 0.400. The van der Waals surface area contributed by atoms with Gasteiger partial charge in [0, 0.05) is 22.3 Å². The molecule has 0 saturated carbocycles. The van der Waals surface area contributed by atoms with Crippen molar-refractivity contribution in [3.8, 4) is 17.2 Å². The Balaban J connectivity index is 2.43. The molecule has 2 rings (SSSR count). The molecule has 0 spiro atoms. The minimum atomic E-state index is -3.64. The van der Waals surface area contributed by atoms with Crippen LogP contribution in [0.2, 0.25) is 0 Å². The maximum Gasteiger partial charge on any atom is 0.236 e. The number of fused-ring (bicyclic) bond motifs is 1. The molecule has 1 heterocycles. The molecular weight excluding hydrogens is 268 g/mol. The van der Waals surface area contributed by atoms with Gasteiger partial charge in [-0.3, -0.25) is 0 Å². The van der Waals surface area contributed by atoms with Gasteiger partial charge in [-0.25, -0.2) is 8.42 Å². The summed E-state index contributed by atoms with van der Waals surface area (Å²) in [6.45, 7) is 0.899. The molecule has 0 amide bonds. The summed E-state index contributed by atoms with van der Waals surface area (Å²) in [5, 5.41) is 0. The van der Waals surface area contributed by atoms with Crippen molar-refractivity contribution in [2.75, 3.05) is 20.3 Å². The first kappa shape index (κ1) is 12.3. The predicted octanol–water partition coefficient (Wildman–Crippen LogP) is 1.53. The van der Waals surface area contributed by atoms with E-state index in [9.17, 15) is 8.42 Å². The van der Waals surface area contributed by atoms with Crippen LogP contribution in [-0.4, -0.2) is 28.7 Å². The maximum atomic E-state index is 11.1. The molecule has 0 unspecified atom stereocenters. The summed E-state index contributed by atoms with van der Waals surface area (Å²) in [5.41, 5.74) is 0.451. The van der Waals surface area contributed by atoms with Gasteiger partial charge in [0.2, 0.25) is 9.05 Å². The standard InChI is InChI=1S/C10H11ClO5S/c1-14-8-5-10-9(15-2-3-16-10)4-7(8)6-17(11,12)13/h4-5H,2-3,6H2,1H3. The molecule has 0 fully saturated rings. The summed E-state index contributed by atoms with van der Waals surface area (Å²) < 4.78 is 38.0. The van der Waals surface area contributed by atoms with Gasteiger partial charge in [-0.05, 0) is 6.07 Å². The molecule has 0 aromatic heterocycles. The largest absolute Gasteiger partial charge is 0.496 e. The van der Waals surface area contributed by atoms with Crippen molar-refractivity contribution < 1.29 is 22.6 Å². The van der Waals surface area contributed by atoms with Gasteiger partial charge in [0.15, 0.2) is 11.5 Å². The van der Waals surface area contributed by atoms with E-state index in [2.05, 4.69) is 0 Å². The molecule has 94 valence electrons. The normalized spacial score (nSPS) is 14.5. The molecule has 0 radical (unpaired) electrons. The lowest BCUT2D eigenvalue weighted by Gasteiger charge is -2.20. The quantitative estimate of drug-likeness (QED) is 0.785. The minimum absolute atomic E-state index is 0.311. The smallest absolute Gasteiger partial charge is 0.236 e. The van der Waals surface area contributed by atoms with E-state index in [1.165, 1.54) is 7.11 Å². The first-order valence-electron chi connectivity index (χ1n) is 4.88. The fourth-order valence-corrected chi connectivity index (χ4v) is 2.55. The van der Waals surface area contributed by atoms with Crippen LogP contribution in [0.25, 0.3) is 0 Å². The number of hydrogen-bond acceptors (Lipinski definition) is 5. The van der Waals surface area contributed by atoms with E-state index >= 15 is 0 Å². The zero-order chi connectivity index (χ0) is 12.5. The monoisotopic (exact) mass is 278 g/mol. The average Bonchev–Trinajstić information content (AvgIpc) is 2.26. The number of hydrogen-bond donors (Lipinski definition) is 0. The van der Waals surface area contributed by atoms with E-state index in [1.807, 2.05) is 0 Å². The Morgan fingerprint density at radius 1 is 1.29 bits per heavy atom. The third-order valence-electron chi connectivity index (χ3n) is 2.27. The molecule has 5 nitrogen and oxygen atoms in total. The molecule has 0 aliphatic carbocycles. The van der Waals surface area contributed by atoms with Crippen LogP contribution in [0, 0.1) is 0 Å². The van der Waals surface area contributed by atoms with Gasteiger partial charge in [0.05, 0.1) is 12.9 Å². The highest BCUT2D eigenvalue weighted by Gasteiger charge is 2.19. The molecule has 0 atom stereocenters. The zero-order valence-electron chi connectivity index (χ0n) is 9.10. The van der Waals surface area contributed by atoms with Crippen LogP contribution in [0.15, 0.2) is 12.1 Å². The first-order chi connectivity index (χ1) is 7.99. The highest BCUT2D eigenvalue weighted by atomic mass is 35.7. The summed E-state index contributed by atoms with van der Waals surface area (Å²) >= 11 is 0. The van der Waals surface area contributed by atoms with Crippen LogP contribution >= 0.6 is 10.7 Å². The average molecular weight is 279 g/mol. The highest BCUT2D eigenvalue weighted by molar-refractivity contribution is 8.13. The van der Waals surface area contributed by atoms with Crippen molar-refractivity contribution in [3.63, 3.8) is 0 Å². The second-order valence-electron chi connectivity index (χ2n) is 3.49. The molecular formula is C10H11ClO5S. The zero-order valence-corrected chi connectivity index (χ0v) is 10.7. The SMILES string of the molecule is COc1cc2c(cc1CS(=O)(=O)Cl)OCCO2. The Morgan fingerprint density at radius 2 is 1.88 bits per heavy atom. The minimum Gasteiger partial charge on any atom is -0.496 e. The Morgan fingerprint density at radius 3 is 2.41 bits per heavy atom. The van der Waals surface area contributed by atoms with Gasteiger partial charge in [-0.15, -0.1) is 0 Å². The molecule has 17 heavy (non-hydrogen) atoms. The van der Waals surface area contributed by atoms with Gasteiger partial charge in [0.25, 0.3) is 0 Å². The first-order valence-corrected chi connectivity index (χ1v) is 7.36. The van der Waals surface area contributed by atoms with Crippen molar-refractivity contribution in [3.05, 3.63) is 17.7 Å². The molecule has 1 aromatic rings. The third-order valence-corrected chi connectivity index (χ3v) is 3.26. The van der Waals surface area contributed by atoms with Crippen molar-refractivity contribution in [2.45, 2.75) is 5.75 Å². The highest BCUT2D eigenvalue weighted by Crippen LogP contribution is 2.37. The van der Waals surface area contributed by atoms with Crippen LogP contribution in [0.5, 0.6) is 17.2 Å². The van der Waals surface area contributed by atoms with Gasteiger partial charge in [-0.2, -0.15) is 0 Å². The lowest BCUT2D eigenvalue weighted by Crippen LogP contribution is -2.16. The van der Waals surface area contributed by atoms with E-state index in [-0.39, 0.29) is 5.75 Å². The molecule has 1 aliphatic heterocycles. The van der Waals surface area contributed by atoms with Crippen LogP contribution in [0.3, 0.4) is 0 Å². The topological polar surface area (TPSA) is 61.8 Å².